The van der Waals surface area contributed by atoms with Gasteiger partial charge in [0, 0.05) is 11.8 Å². The summed E-state index contributed by atoms with van der Waals surface area (Å²) in [6.45, 7) is 0.487. The zero-order valence-corrected chi connectivity index (χ0v) is 14.9. The van der Waals surface area contributed by atoms with Crippen LogP contribution in [0, 0.1) is 0 Å². The largest absolute Gasteiger partial charge is 0.497 e. The van der Waals surface area contributed by atoms with Crippen molar-refractivity contribution in [2.75, 3.05) is 39.4 Å². The topological polar surface area (TPSA) is 92.3 Å². The average molecular weight is 373 g/mol. The van der Waals surface area contributed by atoms with Crippen molar-refractivity contribution in [1.82, 2.24) is 0 Å². The Morgan fingerprint density at radius 2 is 1.78 bits per heavy atom. The molecule has 1 aliphatic rings. The van der Waals surface area contributed by atoms with E-state index in [9.17, 15) is 9.59 Å². The van der Waals surface area contributed by atoms with Crippen molar-refractivity contribution < 1.29 is 33.3 Å². The molecule has 0 saturated carbocycles. The second-order valence-electron chi connectivity index (χ2n) is 5.55. The van der Waals surface area contributed by atoms with Crippen molar-refractivity contribution in [2.45, 2.75) is 0 Å². The van der Waals surface area contributed by atoms with Crippen molar-refractivity contribution in [1.29, 1.82) is 0 Å². The van der Waals surface area contributed by atoms with Crippen LogP contribution in [-0.2, 0) is 9.53 Å². The normalized spacial score (nSPS) is 12.1. The molecule has 3 rings (SSSR count). The minimum absolute atomic E-state index is 0.170. The number of ether oxygens (including phenoxy) is 5. The van der Waals surface area contributed by atoms with Gasteiger partial charge in [0.25, 0.3) is 5.91 Å². The van der Waals surface area contributed by atoms with Crippen molar-refractivity contribution in [3.63, 3.8) is 0 Å². The van der Waals surface area contributed by atoms with Crippen LogP contribution in [0.4, 0.5) is 5.69 Å². The van der Waals surface area contributed by atoms with E-state index in [-0.39, 0.29) is 5.56 Å². The van der Waals surface area contributed by atoms with Gasteiger partial charge in [-0.3, -0.25) is 4.79 Å². The van der Waals surface area contributed by atoms with Gasteiger partial charge in [-0.1, -0.05) is 0 Å². The predicted octanol–water partition coefficient (Wildman–Crippen LogP) is 2.27. The second-order valence-corrected chi connectivity index (χ2v) is 5.55. The van der Waals surface area contributed by atoms with Crippen LogP contribution in [0.2, 0.25) is 0 Å². The van der Waals surface area contributed by atoms with Crippen LogP contribution < -0.4 is 24.3 Å². The van der Waals surface area contributed by atoms with Crippen molar-refractivity contribution in [3.8, 4) is 23.0 Å². The highest BCUT2D eigenvalue weighted by atomic mass is 16.6. The Kier molecular flexibility index (Phi) is 5.65. The lowest BCUT2D eigenvalue weighted by Gasteiger charge is -2.19. The Hall–Kier alpha value is -3.42. The van der Waals surface area contributed by atoms with Crippen molar-refractivity contribution in [2.24, 2.45) is 0 Å². The average Bonchev–Trinajstić information content (AvgIpc) is 2.71. The number of carbonyl (C=O) groups is 2. The monoisotopic (exact) mass is 373 g/mol. The Balaban J connectivity index is 1.60. The highest BCUT2D eigenvalue weighted by molar-refractivity contribution is 5.97. The number of rotatable bonds is 6. The summed E-state index contributed by atoms with van der Waals surface area (Å²) >= 11 is 0. The van der Waals surface area contributed by atoms with Crippen LogP contribution >= 0.6 is 0 Å². The first-order valence-electron chi connectivity index (χ1n) is 8.19. The summed E-state index contributed by atoms with van der Waals surface area (Å²) in [5.41, 5.74) is 0.684. The van der Waals surface area contributed by atoms with Crippen molar-refractivity contribution in [3.05, 3.63) is 42.0 Å². The smallest absolute Gasteiger partial charge is 0.342 e. The molecule has 142 valence electrons. The van der Waals surface area contributed by atoms with Crippen LogP contribution in [0.3, 0.4) is 0 Å². The molecule has 1 N–H and O–H groups in total. The summed E-state index contributed by atoms with van der Waals surface area (Å²) in [5.74, 6) is 0.800. The predicted molar refractivity (Wildman–Crippen MR) is 95.9 cm³/mol. The number of fused-ring (bicyclic) bond motifs is 1. The first-order chi connectivity index (χ1) is 13.1. The quantitative estimate of drug-likeness (QED) is 0.777. The van der Waals surface area contributed by atoms with Gasteiger partial charge in [-0.2, -0.15) is 0 Å². The number of nitrogens with one attached hydrogen (secondary N) is 1. The van der Waals surface area contributed by atoms with E-state index >= 15 is 0 Å². The molecule has 8 nitrogen and oxygen atoms in total. The number of benzene rings is 2. The first-order valence-corrected chi connectivity index (χ1v) is 8.19. The molecule has 0 unspecified atom stereocenters. The molecule has 0 aromatic heterocycles. The fraction of sp³-hybridized carbons (Fsp3) is 0.263. The summed E-state index contributed by atoms with van der Waals surface area (Å²) in [6.07, 6.45) is 0. The maximum Gasteiger partial charge on any atom is 0.342 e. The zero-order chi connectivity index (χ0) is 19.2. The van der Waals surface area contributed by atoms with E-state index in [0.717, 1.165) is 0 Å². The molecule has 0 atom stereocenters. The van der Waals surface area contributed by atoms with Gasteiger partial charge >= 0.3 is 5.97 Å². The standard InChI is InChI=1S/C19H19NO7/c1-23-13-4-6-15(24-2)14(10-13)19(22)27-11-18(21)20-12-3-5-16-17(9-12)26-8-7-25-16/h3-6,9-10H,7-8,11H2,1-2H3,(H,20,21). The summed E-state index contributed by atoms with van der Waals surface area (Å²) in [6, 6.07) is 9.77. The molecule has 2 aromatic rings. The molecule has 0 bridgehead atoms. The van der Waals surface area contributed by atoms with Crippen LogP contribution in [0.1, 0.15) is 10.4 Å². The maximum absolute atomic E-state index is 12.3. The third-order valence-corrected chi connectivity index (χ3v) is 3.79. The van der Waals surface area contributed by atoms with E-state index < -0.39 is 18.5 Å². The van der Waals surface area contributed by atoms with Gasteiger partial charge in [0.2, 0.25) is 0 Å². The van der Waals surface area contributed by atoms with E-state index in [1.54, 1.807) is 30.3 Å². The minimum atomic E-state index is -0.692. The van der Waals surface area contributed by atoms with E-state index in [1.165, 1.54) is 20.3 Å². The molecule has 1 heterocycles. The first kappa shape index (κ1) is 18.4. The summed E-state index contributed by atoms with van der Waals surface area (Å²) < 4.78 is 26.2. The van der Waals surface area contributed by atoms with E-state index in [2.05, 4.69) is 5.32 Å². The second kappa shape index (κ2) is 8.31. The minimum Gasteiger partial charge on any atom is -0.497 e. The van der Waals surface area contributed by atoms with Gasteiger partial charge in [-0.05, 0) is 30.3 Å². The van der Waals surface area contributed by atoms with Gasteiger partial charge in [-0.15, -0.1) is 0 Å². The number of methoxy groups -OCH3 is 2. The van der Waals surface area contributed by atoms with Crippen LogP contribution in [0.15, 0.2) is 36.4 Å². The van der Waals surface area contributed by atoms with Crippen LogP contribution in [0.25, 0.3) is 0 Å². The molecule has 1 amide bonds. The molecule has 8 heteroatoms. The molecular formula is C19H19NO7. The Bertz CT molecular complexity index is 850. The number of hydrogen-bond donors (Lipinski definition) is 1. The Morgan fingerprint density at radius 1 is 1.00 bits per heavy atom. The van der Waals surface area contributed by atoms with E-state index in [1.807, 2.05) is 0 Å². The van der Waals surface area contributed by atoms with Crippen molar-refractivity contribution >= 4 is 17.6 Å². The molecule has 0 aliphatic carbocycles. The van der Waals surface area contributed by atoms with Gasteiger partial charge in [0.1, 0.15) is 30.3 Å². The number of esters is 1. The maximum atomic E-state index is 12.3. The summed E-state index contributed by atoms with van der Waals surface area (Å²) in [5, 5.41) is 2.64. The Morgan fingerprint density at radius 3 is 2.52 bits per heavy atom. The highest BCUT2D eigenvalue weighted by Crippen LogP contribution is 2.32. The van der Waals surface area contributed by atoms with Gasteiger partial charge in [0.15, 0.2) is 18.1 Å². The number of anilines is 1. The lowest BCUT2D eigenvalue weighted by Crippen LogP contribution is -2.21. The van der Waals surface area contributed by atoms with Gasteiger partial charge in [-0.25, -0.2) is 4.79 Å². The Labute approximate surface area is 155 Å². The summed E-state index contributed by atoms with van der Waals surface area (Å²) in [4.78, 5) is 24.3. The molecular weight excluding hydrogens is 354 g/mol. The molecule has 0 saturated heterocycles. The third-order valence-electron chi connectivity index (χ3n) is 3.79. The lowest BCUT2D eigenvalue weighted by atomic mass is 10.2. The highest BCUT2D eigenvalue weighted by Gasteiger charge is 2.17. The number of hydrogen-bond acceptors (Lipinski definition) is 7. The molecule has 2 aromatic carbocycles. The van der Waals surface area contributed by atoms with Gasteiger partial charge in [0.05, 0.1) is 14.2 Å². The van der Waals surface area contributed by atoms with E-state index in [4.69, 9.17) is 23.7 Å². The van der Waals surface area contributed by atoms with Gasteiger partial charge < -0.3 is 29.0 Å². The fourth-order valence-electron chi connectivity index (χ4n) is 2.50. The van der Waals surface area contributed by atoms with E-state index in [0.29, 0.717) is 41.9 Å². The zero-order valence-electron chi connectivity index (χ0n) is 14.9. The SMILES string of the molecule is COc1ccc(OC)c(C(=O)OCC(=O)Nc2ccc3c(c2)OCCO3)c1. The fourth-order valence-corrected chi connectivity index (χ4v) is 2.50. The number of amides is 1. The molecule has 0 radical (unpaired) electrons. The third kappa shape index (κ3) is 4.41. The van der Waals surface area contributed by atoms with Crippen LogP contribution in [0.5, 0.6) is 23.0 Å². The molecule has 0 fully saturated rings. The molecule has 0 spiro atoms. The van der Waals surface area contributed by atoms with Crippen LogP contribution in [-0.4, -0.2) is 45.9 Å². The summed E-state index contributed by atoms with van der Waals surface area (Å²) in [7, 11) is 2.92. The lowest BCUT2D eigenvalue weighted by molar-refractivity contribution is -0.119. The molecule has 27 heavy (non-hydrogen) atoms. The molecule has 1 aliphatic heterocycles. The number of carbonyl (C=O) groups excluding carboxylic acids is 2.